The lowest BCUT2D eigenvalue weighted by molar-refractivity contribution is -0.132. The van der Waals surface area contributed by atoms with Gasteiger partial charge in [0.15, 0.2) is 0 Å². The van der Waals surface area contributed by atoms with Crippen molar-refractivity contribution >= 4 is 33.2 Å². The van der Waals surface area contributed by atoms with Crippen LogP contribution in [0.4, 0.5) is 0 Å². The minimum absolute atomic E-state index is 0.00702. The summed E-state index contributed by atoms with van der Waals surface area (Å²) in [4.78, 5) is 25.6. The number of nitrogens with two attached hydrogens (primary N) is 1. The highest BCUT2D eigenvalue weighted by Crippen LogP contribution is 2.24. The molecule has 26 heavy (non-hydrogen) atoms. The van der Waals surface area contributed by atoms with Crippen molar-refractivity contribution in [1.82, 2.24) is 10.6 Å². The van der Waals surface area contributed by atoms with E-state index in [0.717, 1.165) is 37.0 Å². The molecule has 0 spiro atoms. The molecule has 0 aliphatic heterocycles. The Balaban J connectivity index is 1.93. The molecule has 1 aromatic rings. The quantitative estimate of drug-likeness (QED) is 0.645. The lowest BCUT2D eigenvalue weighted by atomic mass is 9.88. The molecule has 7 nitrogen and oxygen atoms in total. The molecule has 1 aromatic heterocycles. The van der Waals surface area contributed by atoms with Gasteiger partial charge in [0.2, 0.25) is 21.8 Å². The maximum absolute atomic E-state index is 12.5. The van der Waals surface area contributed by atoms with Crippen molar-refractivity contribution in [2.75, 3.05) is 0 Å². The second-order valence-electron chi connectivity index (χ2n) is 7.05. The predicted octanol–water partition coefficient (Wildman–Crippen LogP) is 1.73. The van der Waals surface area contributed by atoms with Crippen molar-refractivity contribution in [3.05, 3.63) is 17.0 Å². The summed E-state index contributed by atoms with van der Waals surface area (Å²) < 4.78 is 22.7. The van der Waals surface area contributed by atoms with Crippen LogP contribution in [-0.4, -0.2) is 26.3 Å². The predicted molar refractivity (Wildman–Crippen MR) is 101 cm³/mol. The minimum atomic E-state index is -3.73. The van der Waals surface area contributed by atoms with Crippen LogP contribution in [0.1, 0.15) is 50.8 Å². The highest BCUT2D eigenvalue weighted by Gasteiger charge is 2.28. The van der Waals surface area contributed by atoms with E-state index >= 15 is 0 Å². The first-order valence-corrected chi connectivity index (χ1v) is 11.2. The summed E-state index contributed by atoms with van der Waals surface area (Å²) in [5.74, 6) is -0.376. The summed E-state index contributed by atoms with van der Waals surface area (Å²) in [6.07, 6.45) is 5.04. The number of rotatable bonds is 7. The van der Waals surface area contributed by atoms with E-state index in [9.17, 15) is 18.0 Å². The van der Waals surface area contributed by atoms with Crippen molar-refractivity contribution in [2.45, 2.75) is 62.7 Å². The average molecular weight is 402 g/mol. The lowest BCUT2D eigenvalue weighted by Gasteiger charge is -2.26. The summed E-state index contributed by atoms with van der Waals surface area (Å²) in [6.45, 7) is 3.97. The summed E-state index contributed by atoms with van der Waals surface area (Å²) >= 11 is 1.02. The molecule has 1 aliphatic rings. The van der Waals surface area contributed by atoms with E-state index in [2.05, 4.69) is 10.6 Å². The van der Waals surface area contributed by atoms with Gasteiger partial charge < -0.3 is 10.6 Å². The average Bonchev–Trinajstić information content (AvgIpc) is 3.07. The summed E-state index contributed by atoms with van der Waals surface area (Å²) in [7, 11) is -3.73. The van der Waals surface area contributed by atoms with E-state index in [0.29, 0.717) is 4.88 Å². The molecule has 2 rings (SSSR count). The number of primary sulfonamides is 1. The van der Waals surface area contributed by atoms with E-state index in [1.807, 2.05) is 13.8 Å². The first kappa shape index (κ1) is 20.9. The fourth-order valence-electron chi connectivity index (χ4n) is 3.06. The van der Waals surface area contributed by atoms with Crippen LogP contribution in [0.2, 0.25) is 0 Å². The van der Waals surface area contributed by atoms with Crippen LogP contribution in [-0.2, 0) is 26.2 Å². The topological polar surface area (TPSA) is 118 Å². The normalized spacial score (nSPS) is 17.1. The SMILES string of the molecule is CC(C)C(NC(=O)C1CCCCC1)C(=O)NCc1ccc(S(N)(=O)=O)s1. The van der Waals surface area contributed by atoms with Crippen LogP contribution in [0, 0.1) is 11.8 Å². The first-order chi connectivity index (χ1) is 12.2. The lowest BCUT2D eigenvalue weighted by Crippen LogP contribution is -2.51. The molecular formula is C17H27N3O4S2. The highest BCUT2D eigenvalue weighted by atomic mass is 32.2. The Hall–Kier alpha value is -1.45. The van der Waals surface area contributed by atoms with E-state index in [-0.39, 0.29) is 34.4 Å². The minimum Gasteiger partial charge on any atom is -0.349 e. The van der Waals surface area contributed by atoms with E-state index in [1.54, 1.807) is 6.07 Å². The zero-order chi connectivity index (χ0) is 19.3. The molecule has 1 aliphatic carbocycles. The summed E-state index contributed by atoms with van der Waals surface area (Å²) in [6, 6.07) is 2.43. The molecule has 2 amide bonds. The molecular weight excluding hydrogens is 374 g/mol. The number of thiophene rings is 1. The Morgan fingerprint density at radius 2 is 1.88 bits per heavy atom. The van der Waals surface area contributed by atoms with Gasteiger partial charge in [0.1, 0.15) is 10.3 Å². The smallest absolute Gasteiger partial charge is 0.247 e. The van der Waals surface area contributed by atoms with Crippen molar-refractivity contribution in [3.8, 4) is 0 Å². The van der Waals surface area contributed by atoms with Crippen LogP contribution in [0.15, 0.2) is 16.3 Å². The fourth-order valence-corrected chi connectivity index (χ4v) is 4.78. The molecule has 1 heterocycles. The number of carbonyl (C=O) groups excluding carboxylic acids is 2. The van der Waals surface area contributed by atoms with Crippen molar-refractivity contribution < 1.29 is 18.0 Å². The van der Waals surface area contributed by atoms with Gasteiger partial charge in [-0.25, -0.2) is 13.6 Å². The monoisotopic (exact) mass is 401 g/mol. The zero-order valence-electron chi connectivity index (χ0n) is 15.2. The van der Waals surface area contributed by atoms with Crippen LogP contribution < -0.4 is 15.8 Å². The second-order valence-corrected chi connectivity index (χ2v) is 10.0. The van der Waals surface area contributed by atoms with Crippen LogP contribution >= 0.6 is 11.3 Å². The third-order valence-corrected chi connectivity index (χ3v) is 7.10. The Bertz CT molecular complexity index is 737. The van der Waals surface area contributed by atoms with Gasteiger partial charge in [-0.2, -0.15) is 0 Å². The Kier molecular flexibility index (Phi) is 7.19. The maximum Gasteiger partial charge on any atom is 0.247 e. The first-order valence-electron chi connectivity index (χ1n) is 8.88. The largest absolute Gasteiger partial charge is 0.349 e. The number of carbonyl (C=O) groups is 2. The molecule has 1 saturated carbocycles. The Morgan fingerprint density at radius 3 is 2.42 bits per heavy atom. The number of sulfonamides is 1. The standard InChI is InChI=1S/C17H27N3O4S2/c1-11(2)15(20-16(21)12-6-4-3-5-7-12)17(22)19-10-13-8-9-14(25-13)26(18,23)24/h8-9,11-12,15H,3-7,10H2,1-2H3,(H,19,22)(H,20,21)(H2,18,23,24). The van der Waals surface area contributed by atoms with Gasteiger partial charge in [-0.15, -0.1) is 11.3 Å². The van der Waals surface area contributed by atoms with Gasteiger partial charge in [0.25, 0.3) is 0 Å². The third-order valence-electron chi connectivity index (χ3n) is 4.58. The van der Waals surface area contributed by atoms with Gasteiger partial charge in [-0.05, 0) is 30.9 Å². The Labute approximate surface area is 158 Å². The van der Waals surface area contributed by atoms with Gasteiger partial charge in [0, 0.05) is 10.8 Å². The molecule has 1 atom stereocenters. The summed E-state index contributed by atoms with van der Waals surface area (Å²) in [5, 5.41) is 10.8. The molecule has 9 heteroatoms. The molecule has 0 aromatic carbocycles. The Morgan fingerprint density at radius 1 is 1.23 bits per heavy atom. The zero-order valence-corrected chi connectivity index (χ0v) is 16.8. The van der Waals surface area contributed by atoms with Crippen molar-refractivity contribution in [1.29, 1.82) is 0 Å². The highest BCUT2D eigenvalue weighted by molar-refractivity contribution is 7.91. The molecule has 0 radical (unpaired) electrons. The third kappa shape index (κ3) is 5.78. The van der Waals surface area contributed by atoms with Crippen molar-refractivity contribution in [3.63, 3.8) is 0 Å². The summed E-state index contributed by atoms with van der Waals surface area (Å²) in [5.41, 5.74) is 0. The molecule has 1 fully saturated rings. The maximum atomic E-state index is 12.5. The number of hydrogen-bond acceptors (Lipinski definition) is 5. The van der Waals surface area contributed by atoms with Crippen molar-refractivity contribution in [2.24, 2.45) is 17.0 Å². The second kappa shape index (κ2) is 8.96. The molecule has 0 bridgehead atoms. The van der Waals surface area contributed by atoms with Gasteiger partial charge >= 0.3 is 0 Å². The number of amides is 2. The van der Waals surface area contributed by atoms with E-state index < -0.39 is 16.1 Å². The van der Waals surface area contributed by atoms with Gasteiger partial charge in [-0.3, -0.25) is 9.59 Å². The van der Waals surface area contributed by atoms with Gasteiger partial charge in [-0.1, -0.05) is 33.1 Å². The van der Waals surface area contributed by atoms with Crippen LogP contribution in [0.5, 0.6) is 0 Å². The molecule has 146 valence electrons. The molecule has 1 unspecified atom stereocenters. The van der Waals surface area contributed by atoms with Crippen LogP contribution in [0.25, 0.3) is 0 Å². The number of nitrogens with one attached hydrogen (secondary N) is 2. The van der Waals surface area contributed by atoms with Gasteiger partial charge in [0.05, 0.1) is 6.54 Å². The van der Waals surface area contributed by atoms with E-state index in [1.165, 1.54) is 12.5 Å². The molecule has 0 saturated heterocycles. The van der Waals surface area contributed by atoms with E-state index in [4.69, 9.17) is 5.14 Å². The van der Waals surface area contributed by atoms with Crippen LogP contribution in [0.3, 0.4) is 0 Å². The fraction of sp³-hybridized carbons (Fsp3) is 0.647. The number of hydrogen-bond donors (Lipinski definition) is 3. The molecule has 4 N–H and O–H groups in total.